The van der Waals surface area contributed by atoms with Gasteiger partial charge in [0.25, 0.3) is 0 Å². The monoisotopic (exact) mass is 492 g/mol. The molecule has 27 heavy (non-hydrogen) atoms. The van der Waals surface area contributed by atoms with E-state index >= 15 is 0 Å². The average Bonchev–Trinajstić information content (AvgIpc) is 2.66. The number of rotatable bonds is 8. The van der Waals surface area contributed by atoms with Crippen molar-refractivity contribution < 1.29 is 14.2 Å². The quantitative estimate of drug-likeness (QED) is 0.328. The van der Waals surface area contributed by atoms with Crippen molar-refractivity contribution in [3.63, 3.8) is 0 Å². The van der Waals surface area contributed by atoms with Crippen LogP contribution in [0.15, 0.2) is 17.1 Å². The smallest absolute Gasteiger partial charge is 0.191 e. The van der Waals surface area contributed by atoms with Gasteiger partial charge in [0.2, 0.25) is 0 Å². The SMILES string of the molecule is CN=C(NCCN1CCc2cc(OC)c(OC)cc2C1)NC(C)COC.I. The van der Waals surface area contributed by atoms with Crippen LogP contribution >= 0.6 is 24.0 Å². The highest BCUT2D eigenvalue weighted by molar-refractivity contribution is 14.0. The summed E-state index contributed by atoms with van der Waals surface area (Å²) in [7, 11) is 6.84. The molecule has 0 radical (unpaired) electrons. The van der Waals surface area contributed by atoms with E-state index < -0.39 is 0 Å². The Morgan fingerprint density at radius 2 is 1.85 bits per heavy atom. The molecule has 0 amide bonds. The van der Waals surface area contributed by atoms with Crippen LogP contribution in [0.1, 0.15) is 18.1 Å². The van der Waals surface area contributed by atoms with Crippen molar-refractivity contribution in [2.45, 2.75) is 25.9 Å². The highest BCUT2D eigenvalue weighted by Crippen LogP contribution is 2.33. The van der Waals surface area contributed by atoms with E-state index in [1.807, 2.05) is 0 Å². The highest BCUT2D eigenvalue weighted by atomic mass is 127. The first-order valence-electron chi connectivity index (χ1n) is 9.03. The van der Waals surface area contributed by atoms with Crippen molar-refractivity contribution in [3.05, 3.63) is 23.3 Å². The van der Waals surface area contributed by atoms with Gasteiger partial charge in [0.15, 0.2) is 17.5 Å². The van der Waals surface area contributed by atoms with Gasteiger partial charge in [0.1, 0.15) is 0 Å². The first-order chi connectivity index (χ1) is 12.6. The predicted octanol–water partition coefficient (Wildman–Crippen LogP) is 1.88. The van der Waals surface area contributed by atoms with Gasteiger partial charge in [0.05, 0.1) is 20.8 Å². The minimum atomic E-state index is 0. The molecule has 154 valence electrons. The second-order valence-electron chi connectivity index (χ2n) is 6.50. The molecule has 0 saturated carbocycles. The molecule has 2 N–H and O–H groups in total. The van der Waals surface area contributed by atoms with E-state index in [1.54, 1.807) is 28.4 Å². The van der Waals surface area contributed by atoms with Gasteiger partial charge in [-0.2, -0.15) is 0 Å². The molecule has 1 aliphatic rings. The zero-order valence-corrected chi connectivity index (χ0v) is 19.3. The van der Waals surface area contributed by atoms with Crippen molar-refractivity contribution in [2.24, 2.45) is 4.99 Å². The molecule has 1 atom stereocenters. The van der Waals surface area contributed by atoms with Crippen LogP contribution in [0.3, 0.4) is 0 Å². The normalized spacial score (nSPS) is 15.4. The third kappa shape index (κ3) is 7.00. The molecule has 1 aliphatic heterocycles. The number of hydrogen-bond donors (Lipinski definition) is 2. The molecule has 1 aromatic carbocycles. The summed E-state index contributed by atoms with van der Waals surface area (Å²) in [6, 6.07) is 4.42. The molecule has 0 saturated heterocycles. The van der Waals surface area contributed by atoms with Crippen LogP contribution in [0.25, 0.3) is 0 Å². The lowest BCUT2D eigenvalue weighted by molar-refractivity contribution is 0.179. The van der Waals surface area contributed by atoms with E-state index in [-0.39, 0.29) is 30.0 Å². The van der Waals surface area contributed by atoms with Crippen molar-refractivity contribution >= 4 is 29.9 Å². The fourth-order valence-electron chi connectivity index (χ4n) is 3.18. The topological polar surface area (TPSA) is 67.4 Å². The Morgan fingerprint density at radius 3 is 2.44 bits per heavy atom. The minimum absolute atomic E-state index is 0. The fraction of sp³-hybridized carbons (Fsp3) is 0.632. The molecule has 1 aromatic rings. The number of ether oxygens (including phenoxy) is 3. The first-order valence-corrected chi connectivity index (χ1v) is 9.03. The number of guanidine groups is 1. The summed E-state index contributed by atoms with van der Waals surface area (Å²) in [5.41, 5.74) is 2.66. The van der Waals surface area contributed by atoms with Gasteiger partial charge in [0, 0.05) is 46.4 Å². The molecule has 7 nitrogen and oxygen atoms in total. The first kappa shape index (κ1) is 23.8. The van der Waals surface area contributed by atoms with Crippen LogP contribution < -0.4 is 20.1 Å². The maximum Gasteiger partial charge on any atom is 0.191 e. The summed E-state index contributed by atoms with van der Waals surface area (Å²) in [6.07, 6.45) is 1.02. The zero-order valence-electron chi connectivity index (χ0n) is 17.0. The number of hydrogen-bond acceptors (Lipinski definition) is 5. The summed E-state index contributed by atoms with van der Waals surface area (Å²) in [5, 5.41) is 6.68. The molecular formula is C19H33IN4O3. The Bertz CT molecular complexity index is 613. The van der Waals surface area contributed by atoms with Crippen molar-refractivity contribution in [1.82, 2.24) is 15.5 Å². The van der Waals surface area contributed by atoms with E-state index in [1.165, 1.54) is 11.1 Å². The number of nitrogens with zero attached hydrogens (tertiary/aromatic N) is 2. The zero-order chi connectivity index (χ0) is 18.9. The number of methoxy groups -OCH3 is 3. The molecule has 0 bridgehead atoms. The highest BCUT2D eigenvalue weighted by Gasteiger charge is 2.19. The van der Waals surface area contributed by atoms with Gasteiger partial charge in [-0.05, 0) is 36.6 Å². The molecule has 8 heteroatoms. The van der Waals surface area contributed by atoms with E-state index in [0.717, 1.165) is 50.1 Å². The van der Waals surface area contributed by atoms with Gasteiger partial charge in [-0.15, -0.1) is 24.0 Å². The maximum absolute atomic E-state index is 5.43. The number of nitrogens with one attached hydrogen (secondary N) is 2. The molecule has 1 heterocycles. The standard InChI is InChI=1S/C19H32N4O3.HI/c1-14(13-24-3)22-19(20-2)21-7-9-23-8-6-15-10-17(25-4)18(26-5)11-16(15)12-23;/h10-11,14H,6-9,12-13H2,1-5H3,(H2,20,21,22);1H. The van der Waals surface area contributed by atoms with E-state index in [4.69, 9.17) is 14.2 Å². The van der Waals surface area contributed by atoms with Crippen LogP contribution in [0.5, 0.6) is 11.5 Å². The Balaban J connectivity index is 0.00000364. The number of halogens is 1. The summed E-state index contributed by atoms with van der Waals surface area (Å²) in [4.78, 5) is 6.70. The van der Waals surface area contributed by atoms with Crippen LogP contribution in [-0.4, -0.2) is 71.5 Å². The summed E-state index contributed by atoms with van der Waals surface area (Å²) < 4.78 is 16.0. The Morgan fingerprint density at radius 1 is 1.19 bits per heavy atom. The van der Waals surface area contributed by atoms with Gasteiger partial charge < -0.3 is 24.8 Å². The molecule has 0 aromatic heterocycles. The van der Waals surface area contributed by atoms with Crippen molar-refractivity contribution in [1.29, 1.82) is 0 Å². The van der Waals surface area contributed by atoms with Gasteiger partial charge in [-0.3, -0.25) is 9.89 Å². The van der Waals surface area contributed by atoms with Gasteiger partial charge >= 0.3 is 0 Å². The van der Waals surface area contributed by atoms with Crippen LogP contribution in [0, 0.1) is 0 Å². The van der Waals surface area contributed by atoms with E-state index in [2.05, 4.69) is 39.6 Å². The third-order valence-electron chi connectivity index (χ3n) is 4.54. The Labute approximate surface area is 179 Å². The number of aliphatic imine (C=N–C) groups is 1. The van der Waals surface area contributed by atoms with Crippen LogP contribution in [0.4, 0.5) is 0 Å². The molecule has 1 unspecified atom stereocenters. The van der Waals surface area contributed by atoms with Crippen LogP contribution in [-0.2, 0) is 17.7 Å². The Kier molecular flexibility index (Phi) is 10.8. The van der Waals surface area contributed by atoms with E-state index in [9.17, 15) is 0 Å². The third-order valence-corrected chi connectivity index (χ3v) is 4.54. The summed E-state index contributed by atoms with van der Waals surface area (Å²) >= 11 is 0. The molecule has 0 spiro atoms. The lowest BCUT2D eigenvalue weighted by atomic mass is 9.99. The van der Waals surface area contributed by atoms with Gasteiger partial charge in [-0.1, -0.05) is 0 Å². The summed E-state index contributed by atoms with van der Waals surface area (Å²) in [5.74, 6) is 2.41. The van der Waals surface area contributed by atoms with Crippen LogP contribution in [0.2, 0.25) is 0 Å². The molecule has 2 rings (SSSR count). The number of benzene rings is 1. The van der Waals surface area contributed by atoms with E-state index in [0.29, 0.717) is 6.61 Å². The minimum Gasteiger partial charge on any atom is -0.493 e. The van der Waals surface area contributed by atoms with Gasteiger partial charge in [-0.25, -0.2) is 0 Å². The van der Waals surface area contributed by atoms with Crippen molar-refractivity contribution in [3.8, 4) is 11.5 Å². The fourth-order valence-corrected chi connectivity index (χ4v) is 3.18. The second-order valence-corrected chi connectivity index (χ2v) is 6.50. The summed E-state index contributed by atoms with van der Waals surface area (Å²) in [6.45, 7) is 6.46. The Hall–Kier alpha value is -1.26. The molecular weight excluding hydrogens is 459 g/mol. The largest absolute Gasteiger partial charge is 0.493 e. The maximum atomic E-state index is 5.43. The average molecular weight is 492 g/mol. The predicted molar refractivity (Wildman–Crippen MR) is 120 cm³/mol. The second kappa shape index (κ2) is 12.2. The lowest BCUT2D eigenvalue weighted by Crippen LogP contribution is -2.46. The van der Waals surface area contributed by atoms with Crippen molar-refractivity contribution in [2.75, 3.05) is 54.6 Å². The molecule has 0 aliphatic carbocycles. The number of fused-ring (bicyclic) bond motifs is 1. The lowest BCUT2D eigenvalue weighted by Gasteiger charge is -2.29. The molecule has 0 fully saturated rings.